The van der Waals surface area contributed by atoms with E-state index in [0.717, 1.165) is 19.6 Å². The van der Waals surface area contributed by atoms with E-state index in [1.165, 1.54) is 11.1 Å². The smallest absolute Gasteiger partial charge is 0.0718 e. The summed E-state index contributed by atoms with van der Waals surface area (Å²) in [4.78, 5) is 0. The van der Waals surface area contributed by atoms with Crippen LogP contribution in [0.3, 0.4) is 0 Å². The van der Waals surface area contributed by atoms with Crippen LogP contribution in [-0.4, -0.2) is 33.4 Å². The van der Waals surface area contributed by atoms with Crippen molar-refractivity contribution in [2.75, 3.05) is 33.4 Å². The Morgan fingerprint density at radius 2 is 1.63 bits per heavy atom. The summed E-state index contributed by atoms with van der Waals surface area (Å²) >= 11 is 0. The molecule has 0 saturated carbocycles. The third-order valence-electron chi connectivity index (χ3n) is 2.78. The molecule has 0 atom stereocenters. The molecule has 108 valence electrons. The molecule has 1 rings (SSSR count). The third kappa shape index (κ3) is 7.98. The highest BCUT2D eigenvalue weighted by atomic mass is 16.5. The van der Waals surface area contributed by atoms with Crippen molar-refractivity contribution in [3.8, 4) is 0 Å². The van der Waals surface area contributed by atoms with Crippen molar-refractivity contribution in [2.45, 2.75) is 26.9 Å². The lowest BCUT2D eigenvalue weighted by atomic mass is 10.1. The van der Waals surface area contributed by atoms with Gasteiger partial charge in [-0.25, -0.2) is 0 Å². The molecule has 3 heteroatoms. The molecular formula is C16H27NO2. The first-order valence-electron chi connectivity index (χ1n) is 7.10. The van der Waals surface area contributed by atoms with Gasteiger partial charge in [-0.15, -0.1) is 0 Å². The molecule has 0 saturated heterocycles. The highest BCUT2D eigenvalue weighted by molar-refractivity contribution is 5.22. The predicted molar refractivity (Wildman–Crippen MR) is 79.4 cm³/mol. The first-order valence-corrected chi connectivity index (χ1v) is 7.10. The summed E-state index contributed by atoms with van der Waals surface area (Å²) in [6.07, 6.45) is 1.07. The lowest BCUT2D eigenvalue weighted by Gasteiger charge is -2.08. The highest BCUT2D eigenvalue weighted by Gasteiger charge is 1.97. The van der Waals surface area contributed by atoms with Crippen LogP contribution in [0, 0.1) is 5.92 Å². The maximum atomic E-state index is 5.59. The van der Waals surface area contributed by atoms with Crippen LogP contribution in [0.5, 0.6) is 0 Å². The number of hydrogen-bond donors (Lipinski definition) is 1. The van der Waals surface area contributed by atoms with Gasteiger partial charge in [-0.05, 0) is 37.1 Å². The molecule has 1 aromatic carbocycles. The number of likely N-dealkylation sites (N-methyl/N-ethyl adjacent to an activating group) is 1. The van der Waals surface area contributed by atoms with E-state index >= 15 is 0 Å². The minimum Gasteiger partial charge on any atom is -0.379 e. The standard InChI is InChI=1S/C16H27NO2/c1-14(2)12-18-10-11-19-13-16-6-4-15(5-7-16)8-9-17-3/h4-7,14,17H,8-13H2,1-3H3. The van der Waals surface area contributed by atoms with Gasteiger partial charge in [0.2, 0.25) is 0 Å². The molecule has 0 bridgehead atoms. The molecule has 1 N–H and O–H groups in total. The molecule has 1 aromatic rings. The van der Waals surface area contributed by atoms with E-state index in [4.69, 9.17) is 9.47 Å². The summed E-state index contributed by atoms with van der Waals surface area (Å²) in [5, 5.41) is 3.15. The van der Waals surface area contributed by atoms with Gasteiger partial charge in [0.15, 0.2) is 0 Å². The van der Waals surface area contributed by atoms with Crippen molar-refractivity contribution in [3.63, 3.8) is 0 Å². The Morgan fingerprint density at radius 1 is 1.00 bits per heavy atom. The molecule has 19 heavy (non-hydrogen) atoms. The van der Waals surface area contributed by atoms with Crippen molar-refractivity contribution in [2.24, 2.45) is 5.92 Å². The van der Waals surface area contributed by atoms with E-state index in [9.17, 15) is 0 Å². The molecule has 0 unspecified atom stereocenters. The van der Waals surface area contributed by atoms with Crippen LogP contribution >= 0.6 is 0 Å². The maximum Gasteiger partial charge on any atom is 0.0718 e. The number of ether oxygens (including phenoxy) is 2. The van der Waals surface area contributed by atoms with E-state index in [2.05, 4.69) is 43.4 Å². The van der Waals surface area contributed by atoms with Crippen molar-refractivity contribution < 1.29 is 9.47 Å². The summed E-state index contributed by atoms with van der Waals surface area (Å²) in [5.74, 6) is 0.588. The fourth-order valence-corrected chi connectivity index (χ4v) is 1.70. The zero-order chi connectivity index (χ0) is 13.9. The van der Waals surface area contributed by atoms with Crippen LogP contribution in [-0.2, 0) is 22.5 Å². The van der Waals surface area contributed by atoms with Gasteiger partial charge in [0, 0.05) is 6.61 Å². The first kappa shape index (κ1) is 16.2. The van der Waals surface area contributed by atoms with Crippen LogP contribution in [0.2, 0.25) is 0 Å². The molecule has 0 radical (unpaired) electrons. The summed E-state index contributed by atoms with van der Waals surface area (Å²) in [5.41, 5.74) is 2.58. The molecular weight excluding hydrogens is 238 g/mol. The van der Waals surface area contributed by atoms with Crippen molar-refractivity contribution in [1.82, 2.24) is 5.32 Å². The summed E-state index contributed by atoms with van der Waals surface area (Å²) < 4.78 is 11.0. The van der Waals surface area contributed by atoms with Gasteiger partial charge < -0.3 is 14.8 Å². The second-order valence-electron chi connectivity index (χ2n) is 5.19. The van der Waals surface area contributed by atoms with Gasteiger partial charge in [-0.1, -0.05) is 38.1 Å². The Balaban J connectivity index is 2.12. The topological polar surface area (TPSA) is 30.5 Å². The number of nitrogens with one attached hydrogen (secondary N) is 1. The Kier molecular flexibility index (Phi) is 8.47. The molecule has 0 fully saturated rings. The first-order chi connectivity index (χ1) is 9.22. The molecule has 0 amide bonds. The van der Waals surface area contributed by atoms with E-state index < -0.39 is 0 Å². The van der Waals surface area contributed by atoms with Crippen molar-refractivity contribution >= 4 is 0 Å². The molecule has 0 aliphatic heterocycles. The second kappa shape index (κ2) is 9.96. The molecule has 0 aromatic heterocycles. The quantitative estimate of drug-likeness (QED) is 0.660. The Morgan fingerprint density at radius 3 is 2.26 bits per heavy atom. The van der Waals surface area contributed by atoms with Gasteiger partial charge in [0.1, 0.15) is 0 Å². The number of benzene rings is 1. The van der Waals surface area contributed by atoms with E-state index in [0.29, 0.717) is 25.7 Å². The average molecular weight is 265 g/mol. The lowest BCUT2D eigenvalue weighted by molar-refractivity contribution is 0.0314. The summed E-state index contributed by atoms with van der Waals surface area (Å²) in [6, 6.07) is 8.62. The minimum atomic E-state index is 0.588. The van der Waals surface area contributed by atoms with Gasteiger partial charge in [-0.2, -0.15) is 0 Å². The highest BCUT2D eigenvalue weighted by Crippen LogP contribution is 2.06. The van der Waals surface area contributed by atoms with Crippen LogP contribution in [0.4, 0.5) is 0 Å². The fraction of sp³-hybridized carbons (Fsp3) is 0.625. The number of hydrogen-bond acceptors (Lipinski definition) is 3. The van der Waals surface area contributed by atoms with E-state index in [1.807, 2.05) is 7.05 Å². The Labute approximate surface area is 117 Å². The summed E-state index contributed by atoms with van der Waals surface area (Å²) in [7, 11) is 1.98. The van der Waals surface area contributed by atoms with Crippen LogP contribution in [0.1, 0.15) is 25.0 Å². The predicted octanol–water partition coefficient (Wildman–Crippen LogP) is 2.64. The van der Waals surface area contributed by atoms with Gasteiger partial charge in [-0.3, -0.25) is 0 Å². The average Bonchev–Trinajstić information content (AvgIpc) is 2.41. The second-order valence-corrected chi connectivity index (χ2v) is 5.19. The Bertz CT molecular complexity index is 322. The van der Waals surface area contributed by atoms with Gasteiger partial charge in [0.05, 0.1) is 19.8 Å². The molecule has 0 aliphatic rings. The Hall–Kier alpha value is -0.900. The molecule has 0 aliphatic carbocycles. The van der Waals surface area contributed by atoms with Crippen molar-refractivity contribution in [3.05, 3.63) is 35.4 Å². The van der Waals surface area contributed by atoms with Gasteiger partial charge >= 0.3 is 0 Å². The van der Waals surface area contributed by atoms with Crippen LogP contribution in [0.15, 0.2) is 24.3 Å². The monoisotopic (exact) mass is 265 g/mol. The summed E-state index contributed by atoms with van der Waals surface area (Å²) in [6.45, 7) is 8.13. The zero-order valence-corrected chi connectivity index (χ0v) is 12.4. The number of rotatable bonds is 10. The van der Waals surface area contributed by atoms with Crippen molar-refractivity contribution in [1.29, 1.82) is 0 Å². The third-order valence-corrected chi connectivity index (χ3v) is 2.78. The normalized spacial score (nSPS) is 11.2. The largest absolute Gasteiger partial charge is 0.379 e. The fourth-order valence-electron chi connectivity index (χ4n) is 1.70. The molecule has 0 spiro atoms. The van der Waals surface area contributed by atoms with Crippen LogP contribution in [0.25, 0.3) is 0 Å². The van der Waals surface area contributed by atoms with E-state index in [1.54, 1.807) is 0 Å². The molecule has 3 nitrogen and oxygen atoms in total. The SMILES string of the molecule is CNCCc1ccc(COCCOCC(C)C)cc1. The van der Waals surface area contributed by atoms with Crippen LogP contribution < -0.4 is 5.32 Å². The minimum absolute atomic E-state index is 0.588. The maximum absolute atomic E-state index is 5.59. The van der Waals surface area contributed by atoms with Gasteiger partial charge in [0.25, 0.3) is 0 Å². The zero-order valence-electron chi connectivity index (χ0n) is 12.4. The molecule has 0 heterocycles. The van der Waals surface area contributed by atoms with E-state index in [-0.39, 0.29) is 0 Å². The lowest BCUT2D eigenvalue weighted by Crippen LogP contribution is -2.10.